The Kier molecular flexibility index (Phi) is 5.61. The molecule has 0 aliphatic heterocycles. The number of aromatic nitrogens is 3. The van der Waals surface area contributed by atoms with Crippen molar-refractivity contribution in [1.82, 2.24) is 20.3 Å². The van der Waals surface area contributed by atoms with E-state index in [-0.39, 0.29) is 0 Å². The average Bonchev–Trinajstić information content (AvgIpc) is 3.04. The van der Waals surface area contributed by atoms with Gasteiger partial charge in [-0.3, -0.25) is 0 Å². The lowest BCUT2D eigenvalue weighted by atomic mass is 10.2. The van der Waals surface area contributed by atoms with E-state index in [0.29, 0.717) is 24.1 Å². The quantitative estimate of drug-likeness (QED) is 0.785. The summed E-state index contributed by atoms with van der Waals surface area (Å²) in [6.45, 7) is 5.41. The van der Waals surface area contributed by atoms with Gasteiger partial charge in [0.2, 0.25) is 5.89 Å². The average molecular weight is 297 g/mol. The number of halogens is 1. The number of imidazole rings is 1. The molecule has 0 saturated heterocycles. The van der Waals surface area contributed by atoms with Crippen LogP contribution < -0.4 is 5.32 Å². The summed E-state index contributed by atoms with van der Waals surface area (Å²) >= 11 is 6.11. The first kappa shape index (κ1) is 15.1. The lowest BCUT2D eigenvalue weighted by molar-refractivity contribution is 0.438. The first-order valence-electron chi connectivity index (χ1n) is 7.10. The zero-order valence-corrected chi connectivity index (χ0v) is 12.8. The minimum Gasteiger partial charge on any atom is -0.444 e. The maximum absolute atomic E-state index is 6.11. The van der Waals surface area contributed by atoms with E-state index >= 15 is 0 Å². The maximum Gasteiger partial charge on any atom is 0.208 e. The van der Waals surface area contributed by atoms with Gasteiger partial charge in [-0.1, -0.05) is 31.9 Å². The monoisotopic (exact) mass is 296 g/mol. The molecule has 2 rings (SSSR count). The van der Waals surface area contributed by atoms with Crippen LogP contribution in [0.5, 0.6) is 0 Å². The minimum absolute atomic E-state index is 0.547. The largest absolute Gasteiger partial charge is 0.444 e. The van der Waals surface area contributed by atoms with Crippen LogP contribution in [0.3, 0.4) is 0 Å². The van der Waals surface area contributed by atoms with Crippen LogP contribution in [0.25, 0.3) is 0 Å². The van der Waals surface area contributed by atoms with Crippen LogP contribution in [0.2, 0.25) is 5.15 Å². The number of oxazole rings is 1. The van der Waals surface area contributed by atoms with E-state index in [2.05, 4.69) is 27.2 Å². The minimum atomic E-state index is 0.547. The predicted molar refractivity (Wildman–Crippen MR) is 78.6 cm³/mol. The van der Waals surface area contributed by atoms with Crippen molar-refractivity contribution in [3.63, 3.8) is 0 Å². The van der Waals surface area contributed by atoms with Crippen molar-refractivity contribution in [3.05, 3.63) is 34.5 Å². The molecule has 0 saturated carbocycles. The van der Waals surface area contributed by atoms with Crippen LogP contribution in [-0.2, 0) is 25.9 Å². The van der Waals surface area contributed by atoms with Crippen molar-refractivity contribution in [2.24, 2.45) is 0 Å². The van der Waals surface area contributed by atoms with Crippen LogP contribution in [0.1, 0.15) is 49.9 Å². The van der Waals surface area contributed by atoms with Gasteiger partial charge in [-0.2, -0.15) is 0 Å². The predicted octanol–water partition coefficient (Wildman–Crippen LogP) is 3.25. The van der Waals surface area contributed by atoms with Crippen molar-refractivity contribution >= 4 is 11.6 Å². The van der Waals surface area contributed by atoms with Crippen molar-refractivity contribution < 1.29 is 4.42 Å². The molecule has 2 aromatic heterocycles. The third kappa shape index (κ3) is 4.08. The molecule has 0 atom stereocenters. The molecule has 0 fully saturated rings. The number of aryl methyl sites for hydroxylation is 2. The summed E-state index contributed by atoms with van der Waals surface area (Å²) in [6, 6.07) is 0. The Hall–Kier alpha value is -1.33. The van der Waals surface area contributed by atoms with Gasteiger partial charge in [0, 0.05) is 19.4 Å². The Bertz CT molecular complexity index is 535. The Labute approximate surface area is 124 Å². The summed E-state index contributed by atoms with van der Waals surface area (Å²) in [5.74, 6) is 2.56. The van der Waals surface area contributed by atoms with E-state index in [1.807, 2.05) is 6.92 Å². The molecule has 2 N–H and O–H groups in total. The van der Waals surface area contributed by atoms with Crippen molar-refractivity contribution in [1.29, 1.82) is 0 Å². The molecule has 0 aliphatic rings. The number of rotatable bonds is 8. The van der Waals surface area contributed by atoms with Crippen LogP contribution >= 0.6 is 11.6 Å². The maximum atomic E-state index is 6.11. The Morgan fingerprint density at radius 3 is 2.90 bits per heavy atom. The number of nitrogens with one attached hydrogen (secondary N) is 2. The van der Waals surface area contributed by atoms with Gasteiger partial charge in [0.15, 0.2) is 5.15 Å². The fourth-order valence-electron chi connectivity index (χ4n) is 1.91. The molecule has 0 unspecified atom stereocenters. The standard InChI is InChI=1S/C14H21ClN4O/c1-3-5-6-12-18-11(14(15)19-12)8-16-9-13-17-7-10(4-2)20-13/h7,16H,3-6,8-9H2,1-2H3,(H,18,19). The summed E-state index contributed by atoms with van der Waals surface area (Å²) in [6.07, 6.45) is 5.83. The van der Waals surface area contributed by atoms with E-state index in [4.69, 9.17) is 16.0 Å². The van der Waals surface area contributed by atoms with E-state index in [9.17, 15) is 0 Å². The SMILES string of the molecule is CCCCc1nc(Cl)c(CNCc2ncc(CC)o2)[nH]1. The summed E-state index contributed by atoms with van der Waals surface area (Å²) in [5, 5.41) is 3.80. The second-order valence-corrected chi connectivity index (χ2v) is 5.09. The molecule has 110 valence electrons. The third-order valence-corrected chi connectivity index (χ3v) is 3.38. The van der Waals surface area contributed by atoms with Crippen LogP contribution in [0.4, 0.5) is 0 Å². The van der Waals surface area contributed by atoms with Crippen molar-refractivity contribution in [2.75, 3.05) is 0 Å². The number of unbranched alkanes of at least 4 members (excludes halogenated alkanes) is 1. The molecule has 0 aromatic carbocycles. The fraction of sp³-hybridized carbons (Fsp3) is 0.571. The molecule has 0 amide bonds. The fourth-order valence-corrected chi connectivity index (χ4v) is 2.12. The number of hydrogen-bond donors (Lipinski definition) is 2. The van der Waals surface area contributed by atoms with E-state index in [1.54, 1.807) is 6.20 Å². The first-order valence-corrected chi connectivity index (χ1v) is 7.48. The summed E-state index contributed by atoms with van der Waals surface area (Å²) in [7, 11) is 0. The molecule has 2 aromatic rings. The van der Waals surface area contributed by atoms with Gasteiger partial charge in [0.05, 0.1) is 18.4 Å². The van der Waals surface area contributed by atoms with Crippen molar-refractivity contribution in [3.8, 4) is 0 Å². The highest BCUT2D eigenvalue weighted by Gasteiger charge is 2.08. The lowest BCUT2D eigenvalue weighted by Gasteiger charge is -2.00. The second-order valence-electron chi connectivity index (χ2n) is 4.73. The molecule has 20 heavy (non-hydrogen) atoms. The van der Waals surface area contributed by atoms with Gasteiger partial charge < -0.3 is 14.7 Å². The normalized spacial score (nSPS) is 11.2. The third-order valence-electron chi connectivity index (χ3n) is 3.07. The molecule has 0 aliphatic carbocycles. The van der Waals surface area contributed by atoms with E-state index in [0.717, 1.165) is 43.0 Å². The Balaban J connectivity index is 1.82. The van der Waals surface area contributed by atoms with Crippen LogP contribution in [-0.4, -0.2) is 15.0 Å². The summed E-state index contributed by atoms with van der Waals surface area (Å²) in [4.78, 5) is 11.8. The highest BCUT2D eigenvalue weighted by Crippen LogP contribution is 2.14. The lowest BCUT2D eigenvalue weighted by Crippen LogP contribution is -2.13. The van der Waals surface area contributed by atoms with E-state index in [1.165, 1.54) is 0 Å². The van der Waals surface area contributed by atoms with Gasteiger partial charge in [-0.25, -0.2) is 9.97 Å². The van der Waals surface area contributed by atoms with Gasteiger partial charge in [0.1, 0.15) is 11.6 Å². The van der Waals surface area contributed by atoms with Gasteiger partial charge in [0.25, 0.3) is 0 Å². The highest BCUT2D eigenvalue weighted by molar-refractivity contribution is 6.30. The molecular weight excluding hydrogens is 276 g/mol. The Morgan fingerprint density at radius 1 is 1.35 bits per heavy atom. The Morgan fingerprint density at radius 2 is 2.20 bits per heavy atom. The molecule has 2 heterocycles. The van der Waals surface area contributed by atoms with Crippen LogP contribution in [0.15, 0.2) is 10.6 Å². The number of hydrogen-bond acceptors (Lipinski definition) is 4. The molecule has 5 nitrogen and oxygen atoms in total. The molecule has 0 spiro atoms. The highest BCUT2D eigenvalue weighted by atomic mass is 35.5. The molecule has 6 heteroatoms. The topological polar surface area (TPSA) is 66.7 Å². The zero-order valence-electron chi connectivity index (χ0n) is 12.0. The summed E-state index contributed by atoms with van der Waals surface area (Å²) in [5.41, 5.74) is 0.917. The number of aromatic amines is 1. The molecular formula is C14H21ClN4O. The molecule has 0 radical (unpaired) electrons. The van der Waals surface area contributed by atoms with Gasteiger partial charge in [-0.05, 0) is 6.42 Å². The smallest absolute Gasteiger partial charge is 0.208 e. The number of H-pyrrole nitrogens is 1. The first-order chi connectivity index (χ1) is 9.72. The molecule has 0 bridgehead atoms. The van der Waals surface area contributed by atoms with Crippen molar-refractivity contribution in [2.45, 2.75) is 52.6 Å². The van der Waals surface area contributed by atoms with Gasteiger partial charge >= 0.3 is 0 Å². The number of nitrogens with zero attached hydrogens (tertiary/aromatic N) is 2. The zero-order chi connectivity index (χ0) is 14.4. The van der Waals surface area contributed by atoms with Gasteiger partial charge in [-0.15, -0.1) is 0 Å². The second kappa shape index (κ2) is 7.45. The summed E-state index contributed by atoms with van der Waals surface area (Å²) < 4.78 is 5.53. The van der Waals surface area contributed by atoms with Crippen LogP contribution in [0, 0.1) is 0 Å². The van der Waals surface area contributed by atoms with E-state index < -0.39 is 0 Å².